The number of primary amides is 1. The summed E-state index contributed by atoms with van der Waals surface area (Å²) in [6.45, 7) is 0.576. The molecule has 2 aromatic carbocycles. The van der Waals surface area contributed by atoms with Gasteiger partial charge in [-0.2, -0.15) is 0 Å². The minimum Gasteiger partial charge on any atom is -0.489 e. The van der Waals surface area contributed by atoms with Crippen LogP contribution in [0, 0.1) is 0 Å². The summed E-state index contributed by atoms with van der Waals surface area (Å²) in [5, 5.41) is 12.6. The summed E-state index contributed by atoms with van der Waals surface area (Å²) in [5.41, 5.74) is 7.15. The third-order valence-electron chi connectivity index (χ3n) is 3.32. The molecule has 0 aromatic heterocycles. The number of amides is 1. The quantitative estimate of drug-likeness (QED) is 0.688. The van der Waals surface area contributed by atoms with Crippen molar-refractivity contribution in [3.05, 3.63) is 64.7 Å². The number of nitrogens with one attached hydrogen (secondary N) is 1. The molecule has 2 rings (SSSR count). The topological polar surface area (TPSA) is 84.6 Å². The second-order valence-electron chi connectivity index (χ2n) is 5.08. The Morgan fingerprint density at radius 1 is 1.13 bits per heavy atom. The molecule has 0 radical (unpaired) electrons. The van der Waals surface area contributed by atoms with E-state index in [4.69, 9.17) is 27.2 Å². The van der Waals surface area contributed by atoms with E-state index < -0.39 is 11.9 Å². The van der Waals surface area contributed by atoms with Gasteiger partial charge in [-0.3, -0.25) is 10.1 Å². The number of hydrogen-bond donors (Lipinski definition) is 3. The molecule has 1 atom stereocenters. The Bertz CT molecular complexity index is 629. The van der Waals surface area contributed by atoms with Crippen LogP contribution in [0.3, 0.4) is 0 Å². The van der Waals surface area contributed by atoms with Gasteiger partial charge in [-0.05, 0) is 35.4 Å². The van der Waals surface area contributed by atoms with Crippen LogP contribution in [0.25, 0.3) is 0 Å². The first-order valence-corrected chi connectivity index (χ1v) is 7.56. The zero-order chi connectivity index (χ0) is 16.7. The highest BCUT2D eigenvalue weighted by Gasteiger charge is 2.12. The van der Waals surface area contributed by atoms with Crippen molar-refractivity contribution in [3.8, 4) is 5.75 Å². The van der Waals surface area contributed by atoms with Crippen molar-refractivity contribution in [2.45, 2.75) is 19.2 Å². The highest BCUT2D eigenvalue weighted by atomic mass is 35.5. The van der Waals surface area contributed by atoms with Crippen molar-refractivity contribution in [1.82, 2.24) is 5.32 Å². The monoisotopic (exact) mass is 334 g/mol. The van der Waals surface area contributed by atoms with Crippen LogP contribution in [-0.2, 0) is 17.9 Å². The van der Waals surface area contributed by atoms with Gasteiger partial charge in [-0.1, -0.05) is 35.9 Å². The van der Waals surface area contributed by atoms with Crippen LogP contribution in [0.2, 0.25) is 5.02 Å². The van der Waals surface area contributed by atoms with Crippen LogP contribution in [0.4, 0.5) is 0 Å². The van der Waals surface area contributed by atoms with Crippen molar-refractivity contribution < 1.29 is 14.6 Å². The maximum absolute atomic E-state index is 11.0. The largest absolute Gasteiger partial charge is 0.489 e. The van der Waals surface area contributed by atoms with Gasteiger partial charge >= 0.3 is 0 Å². The maximum atomic E-state index is 11.0. The Balaban J connectivity index is 1.84. The molecule has 0 bridgehead atoms. The fourth-order valence-electron chi connectivity index (χ4n) is 1.95. The molecule has 0 heterocycles. The van der Waals surface area contributed by atoms with E-state index in [0.717, 1.165) is 16.9 Å². The first-order chi connectivity index (χ1) is 11.1. The second-order valence-corrected chi connectivity index (χ2v) is 5.51. The molecule has 2 aromatic rings. The summed E-state index contributed by atoms with van der Waals surface area (Å²) in [6, 6.07) is 14.2. The van der Waals surface area contributed by atoms with E-state index in [9.17, 15) is 4.79 Å². The molecule has 0 spiro atoms. The van der Waals surface area contributed by atoms with Gasteiger partial charge in [0.15, 0.2) is 0 Å². The number of ether oxygens (including phenoxy) is 1. The van der Waals surface area contributed by atoms with Crippen molar-refractivity contribution in [2.75, 3.05) is 6.61 Å². The molecule has 23 heavy (non-hydrogen) atoms. The van der Waals surface area contributed by atoms with Gasteiger partial charge in [0.25, 0.3) is 0 Å². The molecular weight excluding hydrogens is 316 g/mol. The fourth-order valence-corrected chi connectivity index (χ4v) is 2.07. The van der Waals surface area contributed by atoms with Crippen LogP contribution in [0.5, 0.6) is 5.75 Å². The molecule has 0 saturated carbocycles. The number of aliphatic hydroxyl groups excluding tert-OH is 1. The lowest BCUT2D eigenvalue weighted by Gasteiger charge is -2.13. The number of halogens is 1. The van der Waals surface area contributed by atoms with E-state index in [2.05, 4.69) is 5.32 Å². The van der Waals surface area contributed by atoms with E-state index in [1.807, 2.05) is 48.5 Å². The van der Waals surface area contributed by atoms with E-state index in [1.54, 1.807) is 0 Å². The Labute approximate surface area is 140 Å². The van der Waals surface area contributed by atoms with Crippen LogP contribution in [0.15, 0.2) is 48.5 Å². The lowest BCUT2D eigenvalue weighted by atomic mass is 10.2. The van der Waals surface area contributed by atoms with Gasteiger partial charge in [0.2, 0.25) is 5.91 Å². The predicted molar refractivity (Wildman–Crippen MR) is 89.1 cm³/mol. The van der Waals surface area contributed by atoms with Gasteiger partial charge in [0, 0.05) is 11.6 Å². The summed E-state index contributed by atoms with van der Waals surface area (Å²) in [5.74, 6) is 0.174. The molecule has 6 heteroatoms. The normalized spacial score (nSPS) is 11.9. The standard InChI is InChI=1S/C17H19ClN2O3/c18-14-5-1-13(2-6-14)11-23-15-7-3-12(4-8-15)9-20-16(10-21)17(19)22/h1-8,16,20-21H,9-11H2,(H2,19,22)/t16-/m0/s1. The highest BCUT2D eigenvalue weighted by molar-refractivity contribution is 6.30. The number of benzene rings is 2. The third kappa shape index (κ3) is 5.56. The van der Waals surface area contributed by atoms with Gasteiger partial charge in [-0.25, -0.2) is 0 Å². The second kappa shape index (κ2) is 8.53. The predicted octanol–water partition coefficient (Wildman–Crippen LogP) is 1.85. The minimum absolute atomic E-state index is 0.322. The fraction of sp³-hybridized carbons (Fsp3) is 0.235. The Kier molecular flexibility index (Phi) is 6.40. The van der Waals surface area contributed by atoms with Crippen molar-refractivity contribution in [2.24, 2.45) is 5.73 Å². The molecule has 4 N–H and O–H groups in total. The van der Waals surface area contributed by atoms with Gasteiger partial charge < -0.3 is 15.6 Å². The van der Waals surface area contributed by atoms with Crippen LogP contribution < -0.4 is 15.8 Å². The molecule has 0 fully saturated rings. The van der Waals surface area contributed by atoms with Crippen molar-refractivity contribution >= 4 is 17.5 Å². The summed E-state index contributed by atoms with van der Waals surface area (Å²) < 4.78 is 5.69. The number of carbonyl (C=O) groups excluding carboxylic acids is 1. The molecule has 0 aliphatic rings. The van der Waals surface area contributed by atoms with Crippen LogP contribution in [-0.4, -0.2) is 23.7 Å². The Hall–Kier alpha value is -2.08. The smallest absolute Gasteiger partial charge is 0.236 e. The molecule has 0 aliphatic carbocycles. The number of nitrogens with two attached hydrogens (primary N) is 1. The summed E-state index contributed by atoms with van der Waals surface area (Å²) in [6.07, 6.45) is 0. The summed E-state index contributed by atoms with van der Waals surface area (Å²) in [7, 11) is 0. The number of hydrogen-bond acceptors (Lipinski definition) is 4. The molecule has 5 nitrogen and oxygen atoms in total. The zero-order valence-electron chi connectivity index (χ0n) is 12.5. The van der Waals surface area contributed by atoms with E-state index in [1.165, 1.54) is 0 Å². The lowest BCUT2D eigenvalue weighted by molar-refractivity contribution is -0.120. The van der Waals surface area contributed by atoms with Crippen LogP contribution >= 0.6 is 11.6 Å². The van der Waals surface area contributed by atoms with Crippen LogP contribution in [0.1, 0.15) is 11.1 Å². The number of rotatable bonds is 8. The minimum atomic E-state index is -0.740. The summed E-state index contributed by atoms with van der Waals surface area (Å²) >= 11 is 5.84. The summed E-state index contributed by atoms with van der Waals surface area (Å²) in [4.78, 5) is 11.0. The van der Waals surface area contributed by atoms with Crippen molar-refractivity contribution in [1.29, 1.82) is 0 Å². The zero-order valence-corrected chi connectivity index (χ0v) is 13.3. The Morgan fingerprint density at radius 2 is 1.74 bits per heavy atom. The number of aliphatic hydroxyl groups is 1. The molecule has 0 aliphatic heterocycles. The van der Waals surface area contributed by atoms with Gasteiger partial charge in [-0.15, -0.1) is 0 Å². The average Bonchev–Trinajstić information content (AvgIpc) is 2.56. The first kappa shape index (κ1) is 17.3. The third-order valence-corrected chi connectivity index (χ3v) is 3.57. The molecule has 0 saturated heterocycles. The van der Waals surface area contributed by atoms with E-state index >= 15 is 0 Å². The SMILES string of the molecule is NC(=O)[C@H](CO)NCc1ccc(OCc2ccc(Cl)cc2)cc1. The van der Waals surface area contributed by atoms with E-state index in [0.29, 0.717) is 18.2 Å². The van der Waals surface area contributed by atoms with E-state index in [-0.39, 0.29) is 6.61 Å². The lowest BCUT2D eigenvalue weighted by Crippen LogP contribution is -2.43. The maximum Gasteiger partial charge on any atom is 0.236 e. The molecule has 1 amide bonds. The molecule has 0 unspecified atom stereocenters. The van der Waals surface area contributed by atoms with Gasteiger partial charge in [0.1, 0.15) is 18.4 Å². The molecule has 122 valence electrons. The van der Waals surface area contributed by atoms with Gasteiger partial charge in [0.05, 0.1) is 6.61 Å². The average molecular weight is 335 g/mol. The number of carbonyl (C=O) groups is 1. The first-order valence-electron chi connectivity index (χ1n) is 7.18. The Morgan fingerprint density at radius 3 is 2.30 bits per heavy atom. The van der Waals surface area contributed by atoms with Crippen molar-refractivity contribution in [3.63, 3.8) is 0 Å². The molecular formula is C17H19ClN2O3. The highest BCUT2D eigenvalue weighted by Crippen LogP contribution is 2.15.